The van der Waals surface area contributed by atoms with Crippen LogP contribution in [0, 0.1) is 0 Å². The predicted octanol–water partition coefficient (Wildman–Crippen LogP) is 1.75. The molecule has 0 aromatic heterocycles. The van der Waals surface area contributed by atoms with Gasteiger partial charge in [0, 0.05) is 0 Å². The van der Waals surface area contributed by atoms with E-state index in [9.17, 15) is 0 Å². The first kappa shape index (κ1) is 14.5. The van der Waals surface area contributed by atoms with E-state index in [1.165, 1.54) is 0 Å². The number of ether oxygens (including phenoxy) is 2. The van der Waals surface area contributed by atoms with Crippen molar-refractivity contribution < 1.29 is 41.2 Å². The summed E-state index contributed by atoms with van der Waals surface area (Å²) in [7, 11) is 3.37. The van der Waals surface area contributed by atoms with Crippen LogP contribution >= 0.6 is 0 Å². The van der Waals surface area contributed by atoms with Crippen molar-refractivity contribution in [3.63, 3.8) is 0 Å². The van der Waals surface area contributed by atoms with Gasteiger partial charge in [0.25, 0.3) is 0 Å². The van der Waals surface area contributed by atoms with Gasteiger partial charge in [0.05, 0.1) is 0 Å². The molecule has 0 amide bonds. The fraction of sp³-hybridized carbons (Fsp3) is 0.600. The number of hydrogen-bond donors (Lipinski definition) is 0. The zero-order valence-corrected chi connectivity index (χ0v) is 11.2. The number of allylic oxidation sites excluding steroid dienone is 2. The second kappa shape index (κ2) is 10.00. The Labute approximate surface area is 102 Å². The van der Waals surface area contributed by atoms with Crippen LogP contribution in [0.5, 0.6) is 0 Å². The van der Waals surface area contributed by atoms with Crippen LogP contribution in [-0.4, -0.2) is 23.4 Å². The summed E-state index contributed by atoms with van der Waals surface area (Å²) in [6, 6.07) is 0. The molecule has 0 fully saturated rings. The number of rotatable bonds is 8. The molecule has 0 saturated heterocycles. The summed E-state index contributed by atoms with van der Waals surface area (Å²) in [5.41, 5.74) is 0. The Morgan fingerprint density at radius 1 is 0.929 bits per heavy atom. The number of hydrogen-bond acceptors (Lipinski definition) is 2. The van der Waals surface area contributed by atoms with Gasteiger partial charge in [-0.05, 0) is 0 Å². The van der Waals surface area contributed by atoms with Gasteiger partial charge in [-0.15, -0.1) is 0 Å². The second-order valence-electron chi connectivity index (χ2n) is 2.70. The van der Waals surface area contributed by atoms with Gasteiger partial charge in [0.1, 0.15) is 0 Å². The van der Waals surface area contributed by atoms with Gasteiger partial charge >= 0.3 is 102 Å². The molecular weight excluding hydrogens is 256 g/mol. The van der Waals surface area contributed by atoms with Crippen molar-refractivity contribution in [2.24, 2.45) is 0 Å². The first-order valence-electron chi connectivity index (χ1n) is 4.49. The Balaban J connectivity index is 3.36. The standard InChI is InChI=1S/C10H16O2.2Cr/c1-11-9-7-5-3-4-6-8-10-12-2;;/h3-4H,5-8H2,1-2H3;;/b4-3+;;. The van der Waals surface area contributed by atoms with Crippen LogP contribution in [0.2, 0.25) is 0 Å². The average molecular weight is 272 g/mol. The van der Waals surface area contributed by atoms with Crippen molar-refractivity contribution in [1.29, 1.82) is 0 Å². The van der Waals surface area contributed by atoms with Gasteiger partial charge in [0.15, 0.2) is 0 Å². The first-order valence-corrected chi connectivity index (χ1v) is 5.76. The van der Waals surface area contributed by atoms with Crippen molar-refractivity contribution in [2.75, 3.05) is 14.2 Å². The fourth-order valence-electron chi connectivity index (χ4n) is 0.842. The zero-order valence-electron chi connectivity index (χ0n) is 8.62. The molecule has 0 bridgehead atoms. The molecule has 0 aliphatic rings. The predicted molar refractivity (Wildman–Crippen MR) is 51.6 cm³/mol. The van der Waals surface area contributed by atoms with Gasteiger partial charge in [-0.1, -0.05) is 0 Å². The summed E-state index contributed by atoms with van der Waals surface area (Å²) < 4.78 is 11.9. The molecule has 0 N–H and O–H groups in total. The van der Waals surface area contributed by atoms with Crippen LogP contribution < -0.4 is 0 Å². The summed E-state index contributed by atoms with van der Waals surface area (Å²) in [6.07, 6.45) is 8.27. The van der Waals surface area contributed by atoms with Gasteiger partial charge < -0.3 is 0 Å². The monoisotopic (exact) mass is 272 g/mol. The third kappa shape index (κ3) is 9.04. The van der Waals surface area contributed by atoms with Crippen LogP contribution in [0.1, 0.15) is 25.7 Å². The molecule has 0 aliphatic heterocycles. The molecule has 0 radical (unpaired) electrons. The Bertz CT molecular complexity index is 190. The summed E-state index contributed by atoms with van der Waals surface area (Å²) in [6.45, 7) is 0. The molecule has 0 aliphatic carbocycles. The first-order chi connectivity index (χ1) is 6.70. The van der Waals surface area contributed by atoms with Gasteiger partial charge in [0.2, 0.25) is 0 Å². The van der Waals surface area contributed by atoms with E-state index in [-0.39, 0.29) is 0 Å². The van der Waals surface area contributed by atoms with Crippen LogP contribution in [0.3, 0.4) is 0 Å². The van der Waals surface area contributed by atoms with Crippen molar-refractivity contribution in [3.8, 4) is 0 Å². The molecule has 0 rings (SSSR count). The fourth-order valence-corrected chi connectivity index (χ4v) is 1.21. The van der Waals surface area contributed by atoms with E-state index < -0.39 is 0 Å². The van der Waals surface area contributed by atoms with Crippen molar-refractivity contribution in [2.45, 2.75) is 25.7 Å². The van der Waals surface area contributed by atoms with Crippen molar-refractivity contribution in [1.82, 2.24) is 0 Å². The molecule has 0 saturated carbocycles. The zero-order chi connectivity index (χ0) is 10.8. The molecular formula is C10H16Cr2O2. The van der Waals surface area contributed by atoms with Crippen LogP contribution in [-0.2, 0) is 41.2 Å². The average Bonchev–Trinajstić information content (AvgIpc) is 2.22. The third-order valence-electron chi connectivity index (χ3n) is 1.65. The molecule has 0 spiro atoms. The van der Waals surface area contributed by atoms with Crippen molar-refractivity contribution in [3.05, 3.63) is 12.2 Å². The Morgan fingerprint density at radius 2 is 1.29 bits per heavy atom. The summed E-state index contributed by atoms with van der Waals surface area (Å²) in [5.74, 6) is 0. The van der Waals surface area contributed by atoms with Gasteiger partial charge in [-0.25, -0.2) is 0 Å². The molecule has 14 heavy (non-hydrogen) atoms. The van der Waals surface area contributed by atoms with E-state index in [2.05, 4.69) is 43.9 Å². The Morgan fingerprint density at radius 3 is 1.57 bits per heavy atom. The molecule has 0 heterocycles. The summed E-state index contributed by atoms with van der Waals surface area (Å²) in [5, 5.41) is 0. The number of methoxy groups -OCH3 is 2. The normalized spacial score (nSPS) is 10.7. The minimum atomic E-state index is 0.950. The Kier molecular flexibility index (Phi) is 10.3. The molecule has 2 nitrogen and oxygen atoms in total. The Hall–Kier alpha value is 0.465. The molecule has 0 unspecified atom stereocenters. The van der Waals surface area contributed by atoms with Crippen LogP contribution in [0.4, 0.5) is 0 Å². The quantitative estimate of drug-likeness (QED) is 0.627. The van der Waals surface area contributed by atoms with Gasteiger partial charge in [-0.2, -0.15) is 0 Å². The second-order valence-corrected chi connectivity index (χ2v) is 4.12. The van der Waals surface area contributed by atoms with E-state index in [4.69, 9.17) is 9.47 Å². The van der Waals surface area contributed by atoms with E-state index in [1.54, 1.807) is 14.2 Å². The van der Waals surface area contributed by atoms with Crippen LogP contribution in [0.25, 0.3) is 0 Å². The van der Waals surface area contributed by atoms with Crippen molar-refractivity contribution >= 4 is 9.13 Å². The molecule has 0 atom stereocenters. The summed E-state index contributed by atoms with van der Waals surface area (Å²) in [4.78, 5) is 0. The SMILES string of the molecule is CO[C](=[Cr])CC/C=C/CC[C](=[Cr])OC. The minimum absolute atomic E-state index is 0.950. The molecule has 80 valence electrons. The topological polar surface area (TPSA) is 18.5 Å². The van der Waals surface area contributed by atoms with E-state index >= 15 is 0 Å². The molecule has 0 aromatic carbocycles. The maximum absolute atomic E-state index is 5.01. The molecule has 0 aromatic rings. The van der Waals surface area contributed by atoms with E-state index in [0.717, 1.165) is 34.8 Å². The van der Waals surface area contributed by atoms with Crippen LogP contribution in [0.15, 0.2) is 12.2 Å². The van der Waals surface area contributed by atoms with Gasteiger partial charge in [-0.3, -0.25) is 0 Å². The molecule has 4 heteroatoms. The third-order valence-corrected chi connectivity index (χ3v) is 2.81. The van der Waals surface area contributed by atoms with E-state index in [1.807, 2.05) is 0 Å². The maximum atomic E-state index is 5.01. The van der Waals surface area contributed by atoms with E-state index in [0.29, 0.717) is 0 Å². The summed E-state index contributed by atoms with van der Waals surface area (Å²) >= 11 is 5.75.